The van der Waals surface area contributed by atoms with Gasteiger partial charge in [-0.25, -0.2) is 9.78 Å². The molecule has 0 unspecified atom stereocenters. The normalized spacial score (nSPS) is 23.1. The van der Waals surface area contributed by atoms with Crippen molar-refractivity contribution in [2.24, 2.45) is 5.92 Å². The molecule has 1 aromatic rings. The Hall–Kier alpha value is -2.05. The van der Waals surface area contributed by atoms with Crippen LogP contribution in [0.3, 0.4) is 0 Å². The summed E-state index contributed by atoms with van der Waals surface area (Å²) < 4.78 is 2.09. The van der Waals surface area contributed by atoms with E-state index in [1.54, 1.807) is 18.1 Å². The van der Waals surface area contributed by atoms with E-state index >= 15 is 0 Å². The van der Waals surface area contributed by atoms with Crippen LogP contribution in [0.1, 0.15) is 19.3 Å². The molecule has 2 saturated heterocycles. The lowest BCUT2D eigenvalue weighted by atomic mass is 9.97. The first kappa shape index (κ1) is 14.9. The van der Waals surface area contributed by atoms with Gasteiger partial charge in [-0.2, -0.15) is 0 Å². The average molecular weight is 305 g/mol. The molecular formula is C15H23N5O2. The smallest absolute Gasteiger partial charge is 0.318 e. The van der Waals surface area contributed by atoms with E-state index in [2.05, 4.69) is 14.9 Å². The van der Waals surface area contributed by atoms with Gasteiger partial charge in [0, 0.05) is 45.6 Å². The minimum atomic E-state index is -0.346. The minimum Gasteiger partial charge on any atom is -0.344 e. The van der Waals surface area contributed by atoms with Crippen molar-refractivity contribution < 1.29 is 9.59 Å². The Bertz CT molecular complexity index is 522. The van der Waals surface area contributed by atoms with Gasteiger partial charge in [-0.05, 0) is 25.2 Å². The van der Waals surface area contributed by atoms with Crippen LogP contribution in [0.5, 0.6) is 0 Å². The molecule has 0 bridgehead atoms. The number of urea groups is 1. The standard InChI is InChI=1S/C15H23N5O2/c1-18-6-4-13(14(18)21)17-15(22)20-7-2-12(3-8-20)10-19-9-5-16-11-19/h5,9,11-13H,2-4,6-8,10H2,1H3,(H,17,22)/t13-/m1/s1. The van der Waals surface area contributed by atoms with Gasteiger partial charge in [-0.1, -0.05) is 0 Å². The third kappa shape index (κ3) is 3.23. The molecule has 3 amide bonds. The van der Waals surface area contributed by atoms with Crippen LogP contribution in [0.25, 0.3) is 0 Å². The zero-order valence-corrected chi connectivity index (χ0v) is 12.9. The summed E-state index contributed by atoms with van der Waals surface area (Å²) in [5.41, 5.74) is 0. The first-order chi connectivity index (χ1) is 10.6. The van der Waals surface area contributed by atoms with Crippen molar-refractivity contribution in [2.45, 2.75) is 31.8 Å². The van der Waals surface area contributed by atoms with Gasteiger partial charge in [0.05, 0.1) is 6.33 Å². The van der Waals surface area contributed by atoms with Gasteiger partial charge in [0.1, 0.15) is 6.04 Å². The highest BCUT2D eigenvalue weighted by molar-refractivity contribution is 5.88. The maximum atomic E-state index is 12.3. The van der Waals surface area contributed by atoms with Crippen molar-refractivity contribution in [3.63, 3.8) is 0 Å². The number of carbonyl (C=O) groups is 2. The molecule has 7 heteroatoms. The van der Waals surface area contributed by atoms with Gasteiger partial charge in [0.2, 0.25) is 5.91 Å². The lowest BCUT2D eigenvalue weighted by Crippen LogP contribution is -2.50. The van der Waals surface area contributed by atoms with E-state index in [0.717, 1.165) is 39.0 Å². The number of nitrogens with one attached hydrogen (secondary N) is 1. The Labute approximate surface area is 130 Å². The van der Waals surface area contributed by atoms with E-state index < -0.39 is 0 Å². The third-order valence-electron chi connectivity index (χ3n) is 4.66. The summed E-state index contributed by atoms with van der Waals surface area (Å²) in [5.74, 6) is 0.598. The molecule has 22 heavy (non-hydrogen) atoms. The summed E-state index contributed by atoms with van der Waals surface area (Å²) in [5, 5.41) is 2.87. The summed E-state index contributed by atoms with van der Waals surface area (Å²) in [6.45, 7) is 3.18. The molecule has 1 aromatic heterocycles. The van der Waals surface area contributed by atoms with Crippen LogP contribution in [-0.2, 0) is 11.3 Å². The molecule has 7 nitrogen and oxygen atoms in total. The van der Waals surface area contributed by atoms with Crippen molar-refractivity contribution in [1.29, 1.82) is 0 Å². The van der Waals surface area contributed by atoms with Gasteiger partial charge in [-0.15, -0.1) is 0 Å². The number of amides is 3. The number of rotatable bonds is 3. The van der Waals surface area contributed by atoms with Crippen LogP contribution in [0.15, 0.2) is 18.7 Å². The van der Waals surface area contributed by atoms with Crippen LogP contribution in [-0.4, -0.2) is 64.0 Å². The topological polar surface area (TPSA) is 70.5 Å². The maximum Gasteiger partial charge on any atom is 0.318 e. The predicted molar refractivity (Wildman–Crippen MR) is 81.1 cm³/mol. The molecule has 2 aliphatic rings. The second-order valence-corrected chi connectivity index (χ2v) is 6.24. The summed E-state index contributed by atoms with van der Waals surface area (Å²) in [6.07, 6.45) is 8.28. The quantitative estimate of drug-likeness (QED) is 0.886. The molecule has 0 spiro atoms. The zero-order valence-electron chi connectivity index (χ0n) is 12.9. The Kier molecular flexibility index (Phi) is 4.31. The summed E-state index contributed by atoms with van der Waals surface area (Å²) in [7, 11) is 1.77. The number of carbonyl (C=O) groups excluding carboxylic acids is 2. The number of piperidine rings is 1. The molecule has 120 valence electrons. The molecule has 0 aromatic carbocycles. The molecule has 1 atom stereocenters. The highest BCUT2D eigenvalue weighted by atomic mass is 16.2. The van der Waals surface area contributed by atoms with Gasteiger partial charge >= 0.3 is 6.03 Å². The van der Waals surface area contributed by atoms with Crippen LogP contribution in [0.4, 0.5) is 4.79 Å². The average Bonchev–Trinajstić information content (AvgIpc) is 3.13. The van der Waals surface area contributed by atoms with E-state index in [1.165, 1.54) is 0 Å². The van der Waals surface area contributed by atoms with Crippen molar-refractivity contribution in [2.75, 3.05) is 26.7 Å². The molecule has 3 heterocycles. The van der Waals surface area contributed by atoms with E-state index in [4.69, 9.17) is 0 Å². The fourth-order valence-corrected chi connectivity index (χ4v) is 3.21. The molecule has 0 aliphatic carbocycles. The van der Waals surface area contributed by atoms with Crippen LogP contribution in [0, 0.1) is 5.92 Å². The molecule has 2 fully saturated rings. The Morgan fingerprint density at radius 2 is 2.09 bits per heavy atom. The SMILES string of the molecule is CN1CC[C@@H](NC(=O)N2CCC(Cn3ccnc3)CC2)C1=O. The van der Waals surface area contributed by atoms with E-state index in [0.29, 0.717) is 12.3 Å². The van der Waals surface area contributed by atoms with Gasteiger partial charge in [-0.3, -0.25) is 4.79 Å². The van der Waals surface area contributed by atoms with E-state index in [1.807, 2.05) is 17.4 Å². The number of imidazole rings is 1. The van der Waals surface area contributed by atoms with Crippen molar-refractivity contribution >= 4 is 11.9 Å². The number of aromatic nitrogens is 2. The Morgan fingerprint density at radius 3 is 2.68 bits per heavy atom. The van der Waals surface area contributed by atoms with Crippen LogP contribution < -0.4 is 5.32 Å². The Morgan fingerprint density at radius 1 is 1.32 bits per heavy atom. The predicted octanol–water partition coefficient (Wildman–Crippen LogP) is 0.535. The lowest BCUT2D eigenvalue weighted by molar-refractivity contribution is -0.128. The first-order valence-electron chi connectivity index (χ1n) is 7.89. The van der Waals surface area contributed by atoms with Crippen molar-refractivity contribution in [3.8, 4) is 0 Å². The van der Waals surface area contributed by atoms with Crippen molar-refractivity contribution in [3.05, 3.63) is 18.7 Å². The largest absolute Gasteiger partial charge is 0.344 e. The van der Waals surface area contributed by atoms with Gasteiger partial charge in [0.25, 0.3) is 0 Å². The zero-order chi connectivity index (χ0) is 15.5. The van der Waals surface area contributed by atoms with E-state index in [9.17, 15) is 9.59 Å². The van der Waals surface area contributed by atoms with Gasteiger partial charge in [0.15, 0.2) is 0 Å². The summed E-state index contributed by atoms with van der Waals surface area (Å²) >= 11 is 0. The monoisotopic (exact) mass is 305 g/mol. The molecular weight excluding hydrogens is 282 g/mol. The number of likely N-dealkylation sites (N-methyl/N-ethyl adjacent to an activating group) is 1. The second kappa shape index (κ2) is 6.37. The minimum absolute atomic E-state index is 0.0170. The van der Waals surface area contributed by atoms with Crippen LogP contribution in [0.2, 0.25) is 0 Å². The molecule has 1 N–H and O–H groups in total. The van der Waals surface area contributed by atoms with E-state index in [-0.39, 0.29) is 18.0 Å². The summed E-state index contributed by atoms with van der Waals surface area (Å²) in [6, 6.07) is -0.448. The molecule has 0 radical (unpaired) electrons. The highest BCUT2D eigenvalue weighted by Crippen LogP contribution is 2.19. The highest BCUT2D eigenvalue weighted by Gasteiger charge is 2.32. The number of likely N-dealkylation sites (tertiary alicyclic amines) is 2. The van der Waals surface area contributed by atoms with Crippen molar-refractivity contribution in [1.82, 2.24) is 24.7 Å². The lowest BCUT2D eigenvalue weighted by Gasteiger charge is -2.32. The molecule has 3 rings (SSSR count). The second-order valence-electron chi connectivity index (χ2n) is 6.24. The van der Waals surface area contributed by atoms with Gasteiger partial charge < -0.3 is 19.7 Å². The fourth-order valence-electron chi connectivity index (χ4n) is 3.21. The number of nitrogens with zero attached hydrogens (tertiary/aromatic N) is 4. The fraction of sp³-hybridized carbons (Fsp3) is 0.667. The Balaban J connectivity index is 1.45. The number of hydrogen-bond donors (Lipinski definition) is 1. The first-order valence-corrected chi connectivity index (χ1v) is 7.89. The number of hydrogen-bond acceptors (Lipinski definition) is 3. The third-order valence-corrected chi connectivity index (χ3v) is 4.66. The molecule has 2 aliphatic heterocycles. The van der Waals surface area contributed by atoms with Crippen LogP contribution >= 0.6 is 0 Å². The summed E-state index contributed by atoms with van der Waals surface area (Å²) in [4.78, 5) is 31.6. The molecule has 0 saturated carbocycles. The maximum absolute atomic E-state index is 12.3.